The van der Waals surface area contributed by atoms with Crippen LogP contribution < -0.4 is 4.90 Å². The first kappa shape index (κ1) is 11.3. The Morgan fingerprint density at radius 2 is 2.25 bits per heavy atom. The minimum Gasteiger partial charge on any atom is -0.333 e. The molecule has 2 nitrogen and oxygen atoms in total. The second-order valence-corrected chi connectivity index (χ2v) is 4.87. The molecule has 0 spiro atoms. The number of nitrogens with zero attached hydrogens (tertiary/aromatic N) is 1. The van der Waals surface area contributed by atoms with Gasteiger partial charge >= 0.3 is 0 Å². The van der Waals surface area contributed by atoms with Gasteiger partial charge in [-0.05, 0) is 29.0 Å². The third-order valence-corrected chi connectivity index (χ3v) is 3.35. The van der Waals surface area contributed by atoms with Gasteiger partial charge < -0.3 is 4.90 Å². The average Bonchev–Trinajstić information content (AvgIpc) is 2.81. The van der Waals surface area contributed by atoms with E-state index in [9.17, 15) is 0 Å². The van der Waals surface area contributed by atoms with Gasteiger partial charge in [-0.15, -0.1) is 0 Å². The zero-order chi connectivity index (χ0) is 11.2. The first-order chi connectivity index (χ1) is 7.84. The summed E-state index contributed by atoms with van der Waals surface area (Å²) in [7, 11) is 2.24. The Labute approximate surface area is 101 Å². The van der Waals surface area contributed by atoms with E-state index in [0.29, 0.717) is 0 Å². The molecule has 84 valence electrons. The van der Waals surface area contributed by atoms with Crippen LogP contribution in [0.4, 0.5) is 0 Å². The van der Waals surface area contributed by atoms with Gasteiger partial charge in [-0.1, -0.05) is 6.07 Å². The van der Waals surface area contributed by atoms with Crippen molar-refractivity contribution in [2.45, 2.75) is 13.0 Å². The summed E-state index contributed by atoms with van der Waals surface area (Å²) in [5, 5.41) is 4.37. The maximum Gasteiger partial charge on any atom is 0.103 e. The van der Waals surface area contributed by atoms with Crippen molar-refractivity contribution in [3.63, 3.8) is 0 Å². The molecule has 3 heteroatoms. The highest BCUT2D eigenvalue weighted by atomic mass is 32.1. The molecule has 2 heterocycles. The molecule has 2 rings (SSSR count). The van der Waals surface area contributed by atoms with E-state index in [1.165, 1.54) is 16.2 Å². The van der Waals surface area contributed by atoms with E-state index in [0.717, 1.165) is 19.5 Å². The van der Waals surface area contributed by atoms with Gasteiger partial charge in [-0.3, -0.25) is 4.98 Å². The van der Waals surface area contributed by atoms with Crippen LogP contribution in [0.25, 0.3) is 0 Å². The monoisotopic (exact) mass is 233 g/mol. The molecule has 0 fully saturated rings. The van der Waals surface area contributed by atoms with Gasteiger partial charge in [0.2, 0.25) is 0 Å². The molecule has 0 saturated heterocycles. The Kier molecular flexibility index (Phi) is 4.08. The van der Waals surface area contributed by atoms with Crippen molar-refractivity contribution in [1.29, 1.82) is 0 Å². The normalized spacial score (nSPS) is 12.6. The van der Waals surface area contributed by atoms with Crippen molar-refractivity contribution < 1.29 is 4.90 Å². The lowest BCUT2D eigenvalue weighted by Gasteiger charge is -2.12. The van der Waals surface area contributed by atoms with Crippen LogP contribution in [-0.2, 0) is 13.0 Å². The highest BCUT2D eigenvalue weighted by Gasteiger charge is 2.04. The lowest BCUT2D eigenvalue weighted by molar-refractivity contribution is -0.893. The highest BCUT2D eigenvalue weighted by Crippen LogP contribution is 2.03. The number of hydrogen-bond donors (Lipinski definition) is 1. The molecule has 0 aromatic carbocycles. The average molecular weight is 233 g/mol. The van der Waals surface area contributed by atoms with Crippen LogP contribution >= 0.6 is 11.3 Å². The Bertz CT molecular complexity index is 397. The smallest absolute Gasteiger partial charge is 0.103 e. The number of pyridine rings is 1. The minimum absolute atomic E-state index is 1.05. The van der Waals surface area contributed by atoms with E-state index < -0.39 is 0 Å². The summed E-state index contributed by atoms with van der Waals surface area (Å²) in [6.07, 6.45) is 2.92. The second-order valence-electron chi connectivity index (χ2n) is 4.09. The molecule has 0 saturated carbocycles. The molecule has 0 aliphatic rings. The Morgan fingerprint density at radius 3 is 2.94 bits per heavy atom. The Morgan fingerprint density at radius 1 is 1.31 bits per heavy atom. The fraction of sp³-hybridized carbons (Fsp3) is 0.308. The van der Waals surface area contributed by atoms with E-state index in [-0.39, 0.29) is 0 Å². The molecule has 0 aliphatic carbocycles. The largest absolute Gasteiger partial charge is 0.333 e. The second kappa shape index (κ2) is 5.77. The quantitative estimate of drug-likeness (QED) is 0.826. The predicted molar refractivity (Wildman–Crippen MR) is 67.7 cm³/mol. The molecule has 2 aromatic heterocycles. The van der Waals surface area contributed by atoms with Gasteiger partial charge in [0.1, 0.15) is 6.54 Å². The number of likely N-dealkylation sites (N-methyl/N-ethyl adjacent to an activating group) is 1. The fourth-order valence-corrected chi connectivity index (χ4v) is 2.39. The van der Waals surface area contributed by atoms with Crippen LogP contribution in [0.1, 0.15) is 11.3 Å². The molecule has 2 aromatic rings. The van der Waals surface area contributed by atoms with Crippen LogP contribution in [-0.4, -0.2) is 18.6 Å². The number of hydrogen-bond acceptors (Lipinski definition) is 2. The standard InChI is InChI=1S/C13H16N2S/c1-15(10-12-6-9-16-11-12)8-5-13-4-2-3-7-14-13/h2-4,6-7,9,11H,5,8,10H2,1H3/p+1. The summed E-state index contributed by atoms with van der Waals surface area (Å²) in [5.41, 5.74) is 2.62. The third kappa shape index (κ3) is 3.43. The van der Waals surface area contributed by atoms with Crippen LogP contribution in [0.2, 0.25) is 0 Å². The molecule has 1 atom stereocenters. The number of rotatable bonds is 5. The highest BCUT2D eigenvalue weighted by molar-refractivity contribution is 7.07. The zero-order valence-electron chi connectivity index (χ0n) is 9.52. The first-order valence-corrected chi connectivity index (χ1v) is 6.51. The maximum atomic E-state index is 4.34. The summed E-state index contributed by atoms with van der Waals surface area (Å²) in [5.74, 6) is 0. The van der Waals surface area contributed by atoms with Gasteiger partial charge in [0, 0.05) is 23.9 Å². The first-order valence-electron chi connectivity index (χ1n) is 5.57. The molecule has 16 heavy (non-hydrogen) atoms. The minimum atomic E-state index is 1.05. The SMILES string of the molecule is C[NH+](CCc1ccccn1)Cc1ccsc1. The molecule has 1 N–H and O–H groups in total. The number of nitrogens with one attached hydrogen (secondary N) is 1. The Hall–Kier alpha value is -1.19. The molecule has 0 amide bonds. The van der Waals surface area contributed by atoms with Gasteiger partial charge in [0.25, 0.3) is 0 Å². The van der Waals surface area contributed by atoms with Gasteiger partial charge in [-0.25, -0.2) is 0 Å². The van der Waals surface area contributed by atoms with Crippen molar-refractivity contribution in [3.05, 3.63) is 52.5 Å². The summed E-state index contributed by atoms with van der Waals surface area (Å²) in [6.45, 7) is 2.24. The van der Waals surface area contributed by atoms with Crippen LogP contribution in [0.5, 0.6) is 0 Å². The van der Waals surface area contributed by atoms with Crippen LogP contribution in [0.15, 0.2) is 41.2 Å². The van der Waals surface area contributed by atoms with E-state index in [4.69, 9.17) is 0 Å². The zero-order valence-corrected chi connectivity index (χ0v) is 10.3. The van der Waals surface area contributed by atoms with E-state index in [1.54, 1.807) is 11.3 Å². The molecular formula is C13H17N2S+. The van der Waals surface area contributed by atoms with E-state index >= 15 is 0 Å². The molecule has 0 aliphatic heterocycles. The molecule has 0 radical (unpaired) electrons. The third-order valence-electron chi connectivity index (χ3n) is 2.62. The van der Waals surface area contributed by atoms with E-state index in [1.807, 2.05) is 12.3 Å². The molecule has 1 unspecified atom stereocenters. The Balaban J connectivity index is 1.78. The molecule has 0 bridgehead atoms. The number of thiophene rings is 1. The van der Waals surface area contributed by atoms with Gasteiger partial charge in [0.05, 0.1) is 13.6 Å². The topological polar surface area (TPSA) is 17.3 Å². The van der Waals surface area contributed by atoms with Crippen molar-refractivity contribution in [2.24, 2.45) is 0 Å². The predicted octanol–water partition coefficient (Wildman–Crippen LogP) is 1.40. The number of quaternary nitrogens is 1. The lowest BCUT2D eigenvalue weighted by atomic mass is 10.2. The van der Waals surface area contributed by atoms with Crippen molar-refractivity contribution in [3.8, 4) is 0 Å². The summed E-state index contributed by atoms with van der Waals surface area (Å²) in [4.78, 5) is 5.87. The van der Waals surface area contributed by atoms with Crippen molar-refractivity contribution in [2.75, 3.05) is 13.6 Å². The maximum absolute atomic E-state index is 4.34. The molecular weight excluding hydrogens is 216 g/mol. The number of aromatic nitrogens is 1. The van der Waals surface area contributed by atoms with Crippen molar-refractivity contribution in [1.82, 2.24) is 4.98 Å². The fourth-order valence-electron chi connectivity index (χ4n) is 1.72. The lowest BCUT2D eigenvalue weighted by Crippen LogP contribution is -3.07. The summed E-state index contributed by atoms with van der Waals surface area (Å²) in [6, 6.07) is 8.31. The van der Waals surface area contributed by atoms with E-state index in [2.05, 4.69) is 41.0 Å². The summed E-state index contributed by atoms with van der Waals surface area (Å²) < 4.78 is 0. The van der Waals surface area contributed by atoms with Crippen molar-refractivity contribution >= 4 is 11.3 Å². The van der Waals surface area contributed by atoms with Crippen LogP contribution in [0.3, 0.4) is 0 Å². The van der Waals surface area contributed by atoms with Crippen LogP contribution in [0, 0.1) is 0 Å². The van der Waals surface area contributed by atoms with Gasteiger partial charge in [0.15, 0.2) is 0 Å². The summed E-state index contributed by atoms with van der Waals surface area (Å²) >= 11 is 1.77. The van der Waals surface area contributed by atoms with Gasteiger partial charge in [-0.2, -0.15) is 11.3 Å².